The Labute approximate surface area is 186 Å². The number of nitrogens with zero attached hydrogens (tertiary/aromatic N) is 2. The molecule has 1 N–H and O–H groups in total. The van der Waals surface area contributed by atoms with Gasteiger partial charge in [-0.1, -0.05) is 37.6 Å². The number of carbonyl (C=O) groups is 2. The maximum absolute atomic E-state index is 13.8. The number of halogens is 1. The van der Waals surface area contributed by atoms with E-state index in [2.05, 4.69) is 0 Å². The lowest BCUT2D eigenvalue weighted by atomic mass is 9.74. The van der Waals surface area contributed by atoms with Crippen LogP contribution in [0.4, 0.5) is 0 Å². The topological polar surface area (TPSA) is 77.9 Å². The van der Waals surface area contributed by atoms with Crippen LogP contribution in [0, 0.1) is 11.3 Å². The molecule has 0 spiro atoms. The molecule has 4 atom stereocenters. The normalized spacial score (nSPS) is 26.6. The standard InChI is InChI=1S/C22H31ClN2O4S/c1-4-24(30(3)29)14-19(16-5-6-16)25-18(15-7-9-17(23)10-8-15)11-12-22(2,21(25)28)13-20(26)27/h7-10,16,18-19H,4-6,11-14H2,1-3H3,(H,26,27)/t18-,19?,22+,30?/m0/s1. The number of carboxylic acids is 1. The van der Waals surface area contributed by atoms with Crippen LogP contribution in [0.5, 0.6) is 0 Å². The third-order valence-corrected chi connectivity index (χ3v) is 7.87. The van der Waals surface area contributed by atoms with E-state index in [4.69, 9.17) is 11.6 Å². The molecule has 3 rings (SSSR count). The van der Waals surface area contributed by atoms with Crippen molar-refractivity contribution < 1.29 is 18.9 Å². The summed E-state index contributed by atoms with van der Waals surface area (Å²) < 4.78 is 14.1. The zero-order valence-corrected chi connectivity index (χ0v) is 19.4. The van der Waals surface area contributed by atoms with Crippen LogP contribution in [-0.2, 0) is 20.6 Å². The van der Waals surface area contributed by atoms with Gasteiger partial charge in [0.1, 0.15) is 0 Å². The van der Waals surface area contributed by atoms with Crippen molar-refractivity contribution in [2.75, 3.05) is 19.3 Å². The van der Waals surface area contributed by atoms with Crippen molar-refractivity contribution in [3.8, 4) is 0 Å². The SMILES string of the molecule is CCN(CC(C1CC1)N1C(=O)[C@@](C)(CC(=O)O)CC[C@H]1c1ccc(Cl)cc1)S(C)=O. The monoisotopic (exact) mass is 454 g/mol. The first kappa shape index (κ1) is 23.2. The van der Waals surface area contributed by atoms with Crippen molar-refractivity contribution in [2.24, 2.45) is 11.3 Å². The summed E-state index contributed by atoms with van der Waals surface area (Å²) >= 11 is 6.08. The van der Waals surface area contributed by atoms with Gasteiger partial charge in [-0.2, -0.15) is 0 Å². The Morgan fingerprint density at radius 2 is 1.97 bits per heavy atom. The van der Waals surface area contributed by atoms with Crippen molar-refractivity contribution >= 4 is 34.5 Å². The van der Waals surface area contributed by atoms with Gasteiger partial charge in [0.05, 0.1) is 28.9 Å². The maximum atomic E-state index is 13.8. The van der Waals surface area contributed by atoms with Gasteiger partial charge in [-0.3, -0.25) is 9.59 Å². The molecule has 0 radical (unpaired) electrons. The molecule has 8 heteroatoms. The first-order chi connectivity index (χ1) is 14.2. The highest BCUT2D eigenvalue weighted by Gasteiger charge is 2.50. The highest BCUT2D eigenvalue weighted by atomic mass is 35.5. The number of carboxylic acid groups (broad SMARTS) is 1. The molecule has 1 aromatic carbocycles. The summed E-state index contributed by atoms with van der Waals surface area (Å²) in [7, 11) is -1.13. The van der Waals surface area contributed by atoms with Crippen molar-refractivity contribution in [1.82, 2.24) is 9.21 Å². The molecule has 1 saturated carbocycles. The van der Waals surface area contributed by atoms with Gasteiger partial charge >= 0.3 is 5.97 Å². The summed E-state index contributed by atoms with van der Waals surface area (Å²) in [6, 6.07) is 7.34. The van der Waals surface area contributed by atoms with Crippen molar-refractivity contribution in [3.63, 3.8) is 0 Å². The lowest BCUT2D eigenvalue weighted by Crippen LogP contribution is -2.57. The third kappa shape index (κ3) is 5.06. The molecule has 1 aromatic rings. The number of piperidine rings is 1. The molecule has 2 fully saturated rings. The molecule has 1 heterocycles. The third-order valence-electron chi connectivity index (χ3n) is 6.48. The minimum atomic E-state index is -1.13. The highest BCUT2D eigenvalue weighted by Crippen LogP contribution is 2.48. The number of carbonyl (C=O) groups excluding carboxylic acids is 1. The van der Waals surface area contributed by atoms with E-state index >= 15 is 0 Å². The summed E-state index contributed by atoms with van der Waals surface area (Å²) in [6.07, 6.45) is 4.77. The Balaban J connectivity index is 2.00. The first-order valence-corrected chi connectivity index (χ1v) is 12.4. The molecule has 2 unspecified atom stereocenters. The Morgan fingerprint density at radius 3 is 2.47 bits per heavy atom. The number of rotatable bonds is 9. The molecule has 30 heavy (non-hydrogen) atoms. The van der Waals surface area contributed by atoms with Crippen molar-refractivity contribution in [1.29, 1.82) is 0 Å². The Morgan fingerprint density at radius 1 is 1.33 bits per heavy atom. The quantitative estimate of drug-likeness (QED) is 0.614. The van der Waals surface area contributed by atoms with Gasteiger partial charge < -0.3 is 10.0 Å². The Kier molecular flexibility index (Phi) is 7.25. The number of amides is 1. The van der Waals surface area contributed by atoms with Gasteiger partial charge in [-0.05, 0) is 49.3 Å². The average molecular weight is 455 g/mol. The molecule has 1 saturated heterocycles. The van der Waals surface area contributed by atoms with Crippen molar-refractivity contribution in [3.05, 3.63) is 34.9 Å². The minimum absolute atomic E-state index is 0.0875. The van der Waals surface area contributed by atoms with Crippen molar-refractivity contribution in [2.45, 2.75) is 58.0 Å². The highest BCUT2D eigenvalue weighted by molar-refractivity contribution is 7.81. The molecule has 0 bridgehead atoms. The van der Waals surface area contributed by atoms with Crippen LogP contribution in [0.1, 0.15) is 57.6 Å². The van der Waals surface area contributed by atoms with Gasteiger partial charge in [-0.15, -0.1) is 0 Å². The average Bonchev–Trinajstić information content (AvgIpc) is 3.51. The van der Waals surface area contributed by atoms with Crippen LogP contribution in [-0.4, -0.2) is 55.8 Å². The molecule has 1 aliphatic heterocycles. The summed E-state index contributed by atoms with van der Waals surface area (Å²) in [5.74, 6) is -0.706. The molecule has 0 aromatic heterocycles. The number of likely N-dealkylation sites (tertiary alicyclic amines) is 1. The molecule has 2 aliphatic rings. The van der Waals surface area contributed by atoms with E-state index in [0.717, 1.165) is 18.4 Å². The Hall–Kier alpha value is -1.44. The summed E-state index contributed by atoms with van der Waals surface area (Å²) in [5.41, 5.74) is 0.0843. The lowest BCUT2D eigenvalue weighted by Gasteiger charge is -2.49. The number of hydrogen-bond donors (Lipinski definition) is 1. The number of likely N-dealkylation sites (N-methyl/N-ethyl adjacent to an activating group) is 1. The molecular weight excluding hydrogens is 424 g/mol. The van der Waals surface area contributed by atoms with E-state index in [1.54, 1.807) is 13.2 Å². The second kappa shape index (κ2) is 9.37. The predicted octanol–water partition coefficient (Wildman–Crippen LogP) is 3.88. The van der Waals surface area contributed by atoms with E-state index in [9.17, 15) is 18.9 Å². The van der Waals surface area contributed by atoms with Crippen LogP contribution in [0.15, 0.2) is 24.3 Å². The van der Waals surface area contributed by atoms with Crippen LogP contribution in [0.3, 0.4) is 0 Å². The fraction of sp³-hybridized carbons (Fsp3) is 0.636. The van der Waals surface area contributed by atoms with Crippen LogP contribution < -0.4 is 0 Å². The smallest absolute Gasteiger partial charge is 0.304 e. The van der Waals surface area contributed by atoms with Crippen LogP contribution in [0.2, 0.25) is 5.02 Å². The summed E-state index contributed by atoms with van der Waals surface area (Å²) in [4.78, 5) is 27.2. The zero-order chi connectivity index (χ0) is 22.1. The van der Waals surface area contributed by atoms with Gasteiger partial charge in [-0.25, -0.2) is 8.51 Å². The first-order valence-electron chi connectivity index (χ1n) is 10.5. The largest absolute Gasteiger partial charge is 0.481 e. The van der Waals surface area contributed by atoms with Gasteiger partial charge in [0.25, 0.3) is 0 Å². The summed E-state index contributed by atoms with van der Waals surface area (Å²) in [5, 5.41) is 10.1. The fourth-order valence-electron chi connectivity index (χ4n) is 4.62. The predicted molar refractivity (Wildman–Crippen MR) is 118 cm³/mol. The second-order valence-electron chi connectivity index (χ2n) is 8.76. The van der Waals surface area contributed by atoms with E-state index < -0.39 is 22.4 Å². The number of aliphatic carboxylic acids is 1. The van der Waals surface area contributed by atoms with E-state index in [0.29, 0.717) is 36.9 Å². The van der Waals surface area contributed by atoms with Gasteiger partial charge in [0, 0.05) is 30.4 Å². The molecular formula is C22H31ClN2O4S. The number of benzene rings is 1. The number of hydrogen-bond acceptors (Lipinski definition) is 3. The van der Waals surface area contributed by atoms with E-state index in [1.165, 1.54) is 0 Å². The van der Waals surface area contributed by atoms with Gasteiger partial charge in [0.2, 0.25) is 5.91 Å². The van der Waals surface area contributed by atoms with Crippen LogP contribution in [0.25, 0.3) is 0 Å². The van der Waals surface area contributed by atoms with Crippen LogP contribution >= 0.6 is 11.6 Å². The molecule has 1 amide bonds. The van der Waals surface area contributed by atoms with E-state index in [1.807, 2.05) is 40.4 Å². The lowest BCUT2D eigenvalue weighted by molar-refractivity contribution is -0.159. The molecule has 1 aliphatic carbocycles. The second-order valence-corrected chi connectivity index (χ2v) is 10.6. The minimum Gasteiger partial charge on any atom is -0.481 e. The van der Waals surface area contributed by atoms with Gasteiger partial charge in [0.15, 0.2) is 0 Å². The fourth-order valence-corrected chi connectivity index (χ4v) is 5.47. The molecule has 6 nitrogen and oxygen atoms in total. The zero-order valence-electron chi connectivity index (χ0n) is 17.8. The Bertz CT molecular complexity index is 814. The maximum Gasteiger partial charge on any atom is 0.304 e. The van der Waals surface area contributed by atoms with E-state index in [-0.39, 0.29) is 24.4 Å². The molecule has 166 valence electrons. The summed E-state index contributed by atoms with van der Waals surface area (Å²) in [6.45, 7) is 4.90.